The molecular formula is C18H15BrF2N2O3. The number of rotatable bonds is 4. The first kappa shape index (κ1) is 18.3. The number of benzene rings is 2. The Morgan fingerprint density at radius 2 is 1.96 bits per heavy atom. The van der Waals surface area contributed by atoms with Gasteiger partial charge in [0.1, 0.15) is 18.2 Å². The molecule has 0 aromatic heterocycles. The van der Waals surface area contributed by atoms with E-state index in [0.717, 1.165) is 6.07 Å². The predicted octanol–water partition coefficient (Wildman–Crippen LogP) is 3.87. The van der Waals surface area contributed by atoms with Gasteiger partial charge in [0.2, 0.25) is 11.8 Å². The summed E-state index contributed by atoms with van der Waals surface area (Å²) in [7, 11) is 0. The molecule has 8 heteroatoms. The van der Waals surface area contributed by atoms with E-state index >= 15 is 0 Å². The molecule has 26 heavy (non-hydrogen) atoms. The minimum atomic E-state index is -0.890. The Kier molecular flexibility index (Phi) is 5.51. The van der Waals surface area contributed by atoms with Crippen molar-refractivity contribution < 1.29 is 23.1 Å². The van der Waals surface area contributed by atoms with Crippen LogP contribution in [0.5, 0.6) is 5.75 Å². The summed E-state index contributed by atoms with van der Waals surface area (Å²) in [6.45, 7) is 0.776. The van der Waals surface area contributed by atoms with E-state index in [1.807, 2.05) is 6.07 Å². The van der Waals surface area contributed by atoms with Gasteiger partial charge in [-0.25, -0.2) is 8.78 Å². The van der Waals surface area contributed by atoms with Crippen LogP contribution < -0.4 is 15.0 Å². The van der Waals surface area contributed by atoms with E-state index in [0.29, 0.717) is 30.7 Å². The quantitative estimate of drug-likeness (QED) is 0.810. The molecule has 1 N–H and O–H groups in total. The number of para-hydroxylation sites is 2. The van der Waals surface area contributed by atoms with E-state index < -0.39 is 17.5 Å². The standard InChI is InChI=1S/C18H15BrF2N2O3/c19-12-9-11(20)10-13(21)18(12)22-16(24)5-6-17(25)23-7-8-26-15-4-2-1-3-14(15)23/h1-4,9-10H,5-8H2,(H,22,24). The average molecular weight is 425 g/mol. The zero-order valence-corrected chi connectivity index (χ0v) is 15.2. The van der Waals surface area contributed by atoms with E-state index in [4.69, 9.17) is 4.74 Å². The van der Waals surface area contributed by atoms with Gasteiger partial charge in [-0.05, 0) is 34.1 Å². The molecule has 0 bridgehead atoms. The molecule has 0 saturated carbocycles. The van der Waals surface area contributed by atoms with Crippen molar-refractivity contribution in [1.29, 1.82) is 0 Å². The first-order valence-electron chi connectivity index (χ1n) is 7.92. The smallest absolute Gasteiger partial charge is 0.227 e. The summed E-state index contributed by atoms with van der Waals surface area (Å²) >= 11 is 3.00. The van der Waals surface area contributed by atoms with E-state index in [2.05, 4.69) is 21.2 Å². The minimum absolute atomic E-state index is 0.0411. The Bertz CT molecular complexity index is 837. The topological polar surface area (TPSA) is 58.6 Å². The number of halogens is 3. The van der Waals surface area contributed by atoms with Crippen LogP contribution in [0.15, 0.2) is 40.9 Å². The number of anilines is 2. The fraction of sp³-hybridized carbons (Fsp3) is 0.222. The third kappa shape index (κ3) is 4.01. The summed E-state index contributed by atoms with van der Waals surface area (Å²) in [5.41, 5.74) is 0.511. The van der Waals surface area contributed by atoms with Crippen LogP contribution in [-0.2, 0) is 9.59 Å². The molecule has 3 rings (SSSR count). The molecule has 2 amide bonds. The molecule has 136 valence electrons. The molecular weight excluding hydrogens is 410 g/mol. The van der Waals surface area contributed by atoms with Gasteiger partial charge in [-0.15, -0.1) is 0 Å². The van der Waals surface area contributed by atoms with Crippen molar-refractivity contribution in [3.8, 4) is 5.75 Å². The molecule has 0 spiro atoms. The van der Waals surface area contributed by atoms with Crippen LogP contribution in [0.25, 0.3) is 0 Å². The Morgan fingerprint density at radius 1 is 1.19 bits per heavy atom. The van der Waals surface area contributed by atoms with Crippen LogP contribution in [0.3, 0.4) is 0 Å². The second-order valence-corrected chi connectivity index (χ2v) is 6.51. The Labute approximate surface area is 157 Å². The van der Waals surface area contributed by atoms with Crippen molar-refractivity contribution in [1.82, 2.24) is 0 Å². The van der Waals surface area contributed by atoms with Gasteiger partial charge >= 0.3 is 0 Å². The zero-order chi connectivity index (χ0) is 18.7. The van der Waals surface area contributed by atoms with Crippen molar-refractivity contribution >= 4 is 39.1 Å². The number of nitrogens with one attached hydrogen (secondary N) is 1. The Hall–Kier alpha value is -2.48. The van der Waals surface area contributed by atoms with Crippen molar-refractivity contribution in [3.63, 3.8) is 0 Å². The maximum Gasteiger partial charge on any atom is 0.227 e. The number of fused-ring (bicyclic) bond motifs is 1. The maximum atomic E-state index is 13.8. The van der Waals surface area contributed by atoms with E-state index in [-0.39, 0.29) is 28.9 Å². The fourth-order valence-electron chi connectivity index (χ4n) is 2.65. The van der Waals surface area contributed by atoms with Crippen LogP contribution in [0, 0.1) is 11.6 Å². The first-order valence-corrected chi connectivity index (χ1v) is 8.71. The molecule has 0 aliphatic carbocycles. The Balaban J connectivity index is 1.61. The van der Waals surface area contributed by atoms with Crippen LogP contribution in [-0.4, -0.2) is 25.0 Å². The fourth-order valence-corrected chi connectivity index (χ4v) is 3.15. The van der Waals surface area contributed by atoms with Gasteiger partial charge < -0.3 is 15.0 Å². The highest BCUT2D eigenvalue weighted by molar-refractivity contribution is 9.10. The summed E-state index contributed by atoms with van der Waals surface area (Å²) in [6.07, 6.45) is -0.164. The highest BCUT2D eigenvalue weighted by Gasteiger charge is 2.23. The molecule has 2 aromatic rings. The summed E-state index contributed by atoms with van der Waals surface area (Å²) in [5.74, 6) is -1.79. The summed E-state index contributed by atoms with van der Waals surface area (Å²) in [5, 5.41) is 2.36. The molecule has 2 aromatic carbocycles. The van der Waals surface area contributed by atoms with Gasteiger partial charge in [-0.1, -0.05) is 12.1 Å². The highest BCUT2D eigenvalue weighted by atomic mass is 79.9. The summed E-state index contributed by atoms with van der Waals surface area (Å²) in [6, 6.07) is 8.89. The van der Waals surface area contributed by atoms with Crippen LogP contribution >= 0.6 is 15.9 Å². The van der Waals surface area contributed by atoms with Gasteiger partial charge in [0, 0.05) is 23.4 Å². The predicted molar refractivity (Wildman–Crippen MR) is 96.2 cm³/mol. The lowest BCUT2D eigenvalue weighted by atomic mass is 10.2. The van der Waals surface area contributed by atoms with Gasteiger partial charge in [0.25, 0.3) is 0 Å². The number of nitrogens with zero attached hydrogens (tertiary/aromatic N) is 1. The maximum absolute atomic E-state index is 13.8. The second-order valence-electron chi connectivity index (χ2n) is 5.65. The largest absolute Gasteiger partial charge is 0.490 e. The molecule has 1 aliphatic rings. The lowest BCUT2D eigenvalue weighted by Crippen LogP contribution is -2.38. The van der Waals surface area contributed by atoms with Crippen LogP contribution in [0.1, 0.15) is 12.8 Å². The van der Waals surface area contributed by atoms with Crippen molar-refractivity contribution in [2.45, 2.75) is 12.8 Å². The molecule has 5 nitrogen and oxygen atoms in total. The molecule has 0 atom stereocenters. The number of carbonyl (C=O) groups is 2. The lowest BCUT2D eigenvalue weighted by molar-refractivity contribution is -0.122. The lowest BCUT2D eigenvalue weighted by Gasteiger charge is -2.29. The molecule has 0 fully saturated rings. The number of ether oxygens (including phenoxy) is 1. The van der Waals surface area contributed by atoms with Crippen molar-refractivity contribution in [3.05, 3.63) is 52.5 Å². The van der Waals surface area contributed by atoms with E-state index in [1.54, 1.807) is 23.1 Å². The minimum Gasteiger partial charge on any atom is -0.490 e. The van der Waals surface area contributed by atoms with Crippen molar-refractivity contribution in [2.75, 3.05) is 23.4 Å². The number of amides is 2. The first-order chi connectivity index (χ1) is 12.5. The van der Waals surface area contributed by atoms with Crippen molar-refractivity contribution in [2.24, 2.45) is 0 Å². The van der Waals surface area contributed by atoms with E-state index in [1.165, 1.54) is 0 Å². The van der Waals surface area contributed by atoms with Crippen LogP contribution in [0.4, 0.5) is 20.2 Å². The molecule has 0 radical (unpaired) electrons. The second kappa shape index (κ2) is 7.82. The normalized spacial score (nSPS) is 13.0. The molecule has 0 saturated heterocycles. The SMILES string of the molecule is O=C(CCC(=O)N1CCOc2ccccc21)Nc1c(F)cc(F)cc1Br. The number of carbonyl (C=O) groups excluding carboxylic acids is 2. The molecule has 1 aliphatic heterocycles. The number of hydrogen-bond donors (Lipinski definition) is 1. The average Bonchev–Trinajstić information content (AvgIpc) is 2.62. The summed E-state index contributed by atoms with van der Waals surface area (Å²) < 4.78 is 32.4. The highest BCUT2D eigenvalue weighted by Crippen LogP contribution is 2.31. The zero-order valence-electron chi connectivity index (χ0n) is 13.6. The van der Waals surface area contributed by atoms with E-state index in [9.17, 15) is 18.4 Å². The monoisotopic (exact) mass is 424 g/mol. The number of hydrogen-bond acceptors (Lipinski definition) is 3. The Morgan fingerprint density at radius 3 is 2.73 bits per heavy atom. The van der Waals surface area contributed by atoms with Gasteiger partial charge in [-0.3, -0.25) is 9.59 Å². The molecule has 0 unspecified atom stereocenters. The van der Waals surface area contributed by atoms with Gasteiger partial charge in [0.05, 0.1) is 17.9 Å². The van der Waals surface area contributed by atoms with Gasteiger partial charge in [0.15, 0.2) is 5.82 Å². The summed E-state index contributed by atoms with van der Waals surface area (Å²) in [4.78, 5) is 26.1. The third-order valence-electron chi connectivity index (χ3n) is 3.87. The van der Waals surface area contributed by atoms with Gasteiger partial charge in [-0.2, -0.15) is 0 Å². The molecule has 1 heterocycles. The van der Waals surface area contributed by atoms with Crippen LogP contribution in [0.2, 0.25) is 0 Å². The third-order valence-corrected chi connectivity index (χ3v) is 4.49.